The molecule has 0 amide bonds. The summed E-state index contributed by atoms with van der Waals surface area (Å²) >= 11 is 0. The van der Waals surface area contributed by atoms with Gasteiger partial charge in [-0.25, -0.2) is 0 Å². The standard InChI is InChI=1S/C16H34O.C4H10O2/c1-3-5-7-9-11-13-15-17-16-14-12-10-8-6-4-2;1-2-3-4(5)6/h3-16H2,1-2H3;4-6H,2-3H2,1H3. The molecule has 2 N–H and O–H groups in total. The molecule has 3 heteroatoms. The summed E-state index contributed by atoms with van der Waals surface area (Å²) in [6, 6.07) is 0. The third-order valence-electron chi connectivity index (χ3n) is 3.83. The number of hydrogen-bond donors (Lipinski definition) is 2. The zero-order chi connectivity index (χ0) is 17.6. The Balaban J connectivity index is 0. The Morgan fingerprint density at radius 1 is 0.565 bits per heavy atom. The molecular weight excluding hydrogens is 288 g/mol. The van der Waals surface area contributed by atoms with Gasteiger partial charge in [0.2, 0.25) is 0 Å². The third-order valence-corrected chi connectivity index (χ3v) is 3.83. The quantitative estimate of drug-likeness (QED) is 0.276. The van der Waals surface area contributed by atoms with E-state index in [1.165, 1.54) is 77.0 Å². The van der Waals surface area contributed by atoms with Crippen LogP contribution < -0.4 is 0 Å². The molecular formula is C20H44O3. The summed E-state index contributed by atoms with van der Waals surface area (Å²) < 4.78 is 5.65. The minimum atomic E-state index is -1.10. The second-order valence-corrected chi connectivity index (χ2v) is 6.42. The van der Waals surface area contributed by atoms with Crippen LogP contribution in [0.2, 0.25) is 0 Å². The molecule has 0 radical (unpaired) electrons. The molecule has 0 fully saturated rings. The summed E-state index contributed by atoms with van der Waals surface area (Å²) in [5, 5.41) is 16.2. The van der Waals surface area contributed by atoms with Crippen LogP contribution in [0.5, 0.6) is 0 Å². The van der Waals surface area contributed by atoms with Crippen LogP contribution in [0.15, 0.2) is 0 Å². The van der Waals surface area contributed by atoms with Gasteiger partial charge < -0.3 is 14.9 Å². The molecule has 0 aromatic rings. The number of ether oxygens (including phenoxy) is 1. The first-order chi connectivity index (χ1) is 11.2. The monoisotopic (exact) mass is 332 g/mol. The summed E-state index contributed by atoms with van der Waals surface area (Å²) in [6.07, 6.45) is 16.6. The fourth-order valence-corrected chi connectivity index (χ4v) is 2.33. The van der Waals surface area contributed by atoms with Crippen LogP contribution in [-0.2, 0) is 4.74 Å². The fraction of sp³-hybridized carbons (Fsp3) is 1.00. The van der Waals surface area contributed by atoms with Crippen molar-refractivity contribution in [1.29, 1.82) is 0 Å². The van der Waals surface area contributed by atoms with Crippen molar-refractivity contribution in [3.63, 3.8) is 0 Å². The zero-order valence-corrected chi connectivity index (χ0v) is 16.2. The minimum absolute atomic E-state index is 0.486. The van der Waals surface area contributed by atoms with Crippen LogP contribution in [0.25, 0.3) is 0 Å². The van der Waals surface area contributed by atoms with Gasteiger partial charge in [-0.05, 0) is 19.3 Å². The van der Waals surface area contributed by atoms with Crippen molar-refractivity contribution >= 4 is 0 Å². The van der Waals surface area contributed by atoms with Gasteiger partial charge in [0.25, 0.3) is 0 Å². The van der Waals surface area contributed by atoms with E-state index in [0.717, 1.165) is 19.6 Å². The maximum atomic E-state index is 8.11. The highest BCUT2D eigenvalue weighted by Gasteiger charge is 1.93. The van der Waals surface area contributed by atoms with E-state index in [2.05, 4.69) is 13.8 Å². The van der Waals surface area contributed by atoms with Crippen LogP contribution in [0.1, 0.15) is 111 Å². The highest BCUT2D eigenvalue weighted by atomic mass is 16.5. The second kappa shape index (κ2) is 24.1. The van der Waals surface area contributed by atoms with Gasteiger partial charge in [-0.15, -0.1) is 0 Å². The molecule has 0 rings (SSSR count). The highest BCUT2D eigenvalue weighted by molar-refractivity contribution is 4.45. The molecule has 0 aromatic carbocycles. The van der Waals surface area contributed by atoms with Gasteiger partial charge in [0.05, 0.1) is 0 Å². The largest absolute Gasteiger partial charge is 0.381 e. The summed E-state index contributed by atoms with van der Waals surface area (Å²) in [7, 11) is 0. The molecule has 0 aromatic heterocycles. The first-order valence-corrected chi connectivity index (χ1v) is 10.1. The summed E-state index contributed by atoms with van der Waals surface area (Å²) in [6.45, 7) is 8.41. The summed E-state index contributed by atoms with van der Waals surface area (Å²) in [4.78, 5) is 0. The van der Waals surface area contributed by atoms with Crippen molar-refractivity contribution in [3.8, 4) is 0 Å². The smallest absolute Gasteiger partial charge is 0.151 e. The van der Waals surface area contributed by atoms with Crippen molar-refractivity contribution < 1.29 is 14.9 Å². The van der Waals surface area contributed by atoms with E-state index in [0.29, 0.717) is 6.42 Å². The van der Waals surface area contributed by atoms with Gasteiger partial charge in [-0.3, -0.25) is 0 Å². The van der Waals surface area contributed by atoms with E-state index in [1.54, 1.807) is 0 Å². The zero-order valence-electron chi connectivity index (χ0n) is 16.2. The minimum Gasteiger partial charge on any atom is -0.381 e. The first-order valence-electron chi connectivity index (χ1n) is 10.1. The average Bonchev–Trinajstić information content (AvgIpc) is 2.52. The van der Waals surface area contributed by atoms with E-state index in [1.807, 2.05) is 6.92 Å². The van der Waals surface area contributed by atoms with Crippen LogP contribution in [0, 0.1) is 0 Å². The van der Waals surface area contributed by atoms with Gasteiger partial charge in [-0.1, -0.05) is 91.4 Å². The van der Waals surface area contributed by atoms with E-state index in [4.69, 9.17) is 14.9 Å². The second-order valence-electron chi connectivity index (χ2n) is 6.42. The Morgan fingerprint density at radius 2 is 0.957 bits per heavy atom. The molecule has 0 aliphatic heterocycles. The maximum absolute atomic E-state index is 8.11. The maximum Gasteiger partial charge on any atom is 0.151 e. The molecule has 3 nitrogen and oxygen atoms in total. The van der Waals surface area contributed by atoms with Crippen LogP contribution in [0.3, 0.4) is 0 Å². The Bertz CT molecular complexity index is 170. The number of rotatable bonds is 16. The molecule has 0 unspecified atom stereocenters. The third kappa shape index (κ3) is 30.3. The van der Waals surface area contributed by atoms with Crippen LogP contribution >= 0.6 is 0 Å². The van der Waals surface area contributed by atoms with E-state index in [9.17, 15) is 0 Å². The molecule has 142 valence electrons. The van der Waals surface area contributed by atoms with E-state index >= 15 is 0 Å². The van der Waals surface area contributed by atoms with Gasteiger partial charge in [0.15, 0.2) is 6.29 Å². The molecule has 0 aliphatic rings. The Morgan fingerprint density at radius 3 is 1.26 bits per heavy atom. The number of unbranched alkanes of at least 4 members (excludes halogenated alkanes) is 10. The van der Waals surface area contributed by atoms with Gasteiger partial charge in [-0.2, -0.15) is 0 Å². The van der Waals surface area contributed by atoms with Crippen molar-refractivity contribution in [3.05, 3.63) is 0 Å². The van der Waals surface area contributed by atoms with Crippen LogP contribution in [-0.4, -0.2) is 29.7 Å². The normalized spacial score (nSPS) is 10.7. The van der Waals surface area contributed by atoms with Crippen LogP contribution in [0.4, 0.5) is 0 Å². The van der Waals surface area contributed by atoms with Crippen molar-refractivity contribution in [2.75, 3.05) is 13.2 Å². The molecule has 0 aliphatic carbocycles. The van der Waals surface area contributed by atoms with Crippen molar-refractivity contribution in [1.82, 2.24) is 0 Å². The topological polar surface area (TPSA) is 49.7 Å². The molecule has 0 bridgehead atoms. The lowest BCUT2D eigenvalue weighted by atomic mass is 10.1. The average molecular weight is 333 g/mol. The lowest BCUT2D eigenvalue weighted by Gasteiger charge is -2.04. The van der Waals surface area contributed by atoms with Crippen molar-refractivity contribution in [2.24, 2.45) is 0 Å². The Labute approximate surface area is 145 Å². The SMILES string of the molecule is CCCC(O)O.CCCCCCCCOCCCCCCCC. The Hall–Kier alpha value is -0.120. The van der Waals surface area contributed by atoms with Crippen molar-refractivity contribution in [2.45, 2.75) is 117 Å². The molecule has 0 heterocycles. The first kappa shape index (κ1) is 25.1. The number of hydrogen-bond acceptors (Lipinski definition) is 3. The molecule has 0 saturated heterocycles. The molecule has 0 spiro atoms. The fourth-order valence-electron chi connectivity index (χ4n) is 2.33. The summed E-state index contributed by atoms with van der Waals surface area (Å²) in [5.74, 6) is 0. The number of aliphatic hydroxyl groups excluding tert-OH is 1. The predicted octanol–water partition coefficient (Wildman–Crippen LogP) is 5.82. The summed E-state index contributed by atoms with van der Waals surface area (Å²) in [5.41, 5.74) is 0. The van der Waals surface area contributed by atoms with Gasteiger partial charge >= 0.3 is 0 Å². The lowest BCUT2D eigenvalue weighted by Crippen LogP contribution is -2.01. The lowest BCUT2D eigenvalue weighted by molar-refractivity contribution is -0.0453. The van der Waals surface area contributed by atoms with E-state index < -0.39 is 6.29 Å². The molecule has 23 heavy (non-hydrogen) atoms. The highest BCUT2D eigenvalue weighted by Crippen LogP contribution is 2.06. The van der Waals surface area contributed by atoms with Gasteiger partial charge in [0, 0.05) is 13.2 Å². The Kier molecular flexibility index (Phi) is 26.4. The number of aliphatic hydroxyl groups is 2. The molecule has 0 atom stereocenters. The van der Waals surface area contributed by atoms with Gasteiger partial charge in [0.1, 0.15) is 0 Å². The molecule has 0 saturated carbocycles. The van der Waals surface area contributed by atoms with E-state index in [-0.39, 0.29) is 0 Å². The predicted molar refractivity (Wildman–Crippen MR) is 101 cm³/mol.